The van der Waals surface area contributed by atoms with Crippen molar-refractivity contribution in [1.82, 2.24) is 15.3 Å². The Kier molecular flexibility index (Phi) is 3.98. The number of hydrogen-bond acceptors (Lipinski definition) is 4. The summed E-state index contributed by atoms with van der Waals surface area (Å²) in [6.07, 6.45) is 5.66. The van der Waals surface area contributed by atoms with Crippen molar-refractivity contribution < 1.29 is 9.90 Å². The number of aromatic amines is 1. The highest BCUT2D eigenvalue weighted by molar-refractivity contribution is 7.13. The van der Waals surface area contributed by atoms with Crippen LogP contribution in [-0.4, -0.2) is 27.0 Å². The average molecular weight is 341 g/mol. The van der Waals surface area contributed by atoms with Crippen molar-refractivity contribution in [3.05, 3.63) is 35.2 Å². The molecule has 0 atom stereocenters. The molecule has 1 aromatic carbocycles. The fourth-order valence-electron chi connectivity index (χ4n) is 3.30. The number of nitrogens with one attached hydrogen (secondary N) is 2. The van der Waals surface area contributed by atoms with Gasteiger partial charge in [0.1, 0.15) is 22.6 Å². The highest BCUT2D eigenvalue weighted by atomic mass is 32.1. The molecule has 4 rings (SSSR count). The van der Waals surface area contributed by atoms with E-state index in [-0.39, 0.29) is 17.7 Å². The number of amides is 1. The maximum atomic E-state index is 12.7. The molecule has 0 unspecified atom stereocenters. The van der Waals surface area contributed by atoms with E-state index < -0.39 is 0 Å². The predicted molar refractivity (Wildman–Crippen MR) is 95.4 cm³/mol. The van der Waals surface area contributed by atoms with Crippen LogP contribution in [0, 0.1) is 0 Å². The van der Waals surface area contributed by atoms with E-state index in [0.717, 1.165) is 17.7 Å². The molecule has 124 valence electrons. The van der Waals surface area contributed by atoms with Crippen LogP contribution in [0.5, 0.6) is 5.75 Å². The number of rotatable bonds is 3. The maximum absolute atomic E-state index is 12.7. The number of thiophene rings is 1. The molecule has 1 saturated carbocycles. The minimum atomic E-state index is -0.115. The number of benzene rings is 1. The molecule has 1 amide bonds. The first-order valence-corrected chi connectivity index (χ1v) is 9.17. The molecule has 0 radical (unpaired) electrons. The fraction of sp³-hybridized carbons (Fsp3) is 0.333. The second kappa shape index (κ2) is 6.28. The Bertz CT molecular complexity index is 864. The molecule has 24 heavy (non-hydrogen) atoms. The highest BCUT2D eigenvalue weighted by Crippen LogP contribution is 2.31. The summed E-state index contributed by atoms with van der Waals surface area (Å²) >= 11 is 1.56. The maximum Gasteiger partial charge on any atom is 0.253 e. The van der Waals surface area contributed by atoms with Gasteiger partial charge in [-0.1, -0.05) is 25.3 Å². The number of H-pyrrole nitrogens is 1. The van der Waals surface area contributed by atoms with Crippen LogP contribution < -0.4 is 5.32 Å². The van der Waals surface area contributed by atoms with Crippen molar-refractivity contribution in [3.63, 3.8) is 0 Å². The van der Waals surface area contributed by atoms with Crippen LogP contribution in [0.3, 0.4) is 0 Å². The Morgan fingerprint density at radius 1 is 1.25 bits per heavy atom. The predicted octanol–water partition coefficient (Wildman–Crippen LogP) is 4.06. The third-order valence-electron chi connectivity index (χ3n) is 4.56. The summed E-state index contributed by atoms with van der Waals surface area (Å²) in [7, 11) is 0. The molecule has 2 heterocycles. The first-order valence-electron chi connectivity index (χ1n) is 8.29. The zero-order valence-electron chi connectivity index (χ0n) is 13.2. The van der Waals surface area contributed by atoms with Gasteiger partial charge in [0.15, 0.2) is 0 Å². The lowest BCUT2D eigenvalue weighted by Crippen LogP contribution is -2.36. The van der Waals surface area contributed by atoms with Crippen LogP contribution in [-0.2, 0) is 0 Å². The average Bonchev–Trinajstić information content (AvgIpc) is 3.26. The summed E-state index contributed by atoms with van der Waals surface area (Å²) in [5.41, 5.74) is 1.54. The van der Waals surface area contributed by atoms with Gasteiger partial charge < -0.3 is 15.4 Å². The number of aromatic nitrogens is 2. The van der Waals surface area contributed by atoms with E-state index in [4.69, 9.17) is 0 Å². The fourth-order valence-corrected chi connectivity index (χ4v) is 3.97. The summed E-state index contributed by atoms with van der Waals surface area (Å²) in [5, 5.41) is 15.2. The summed E-state index contributed by atoms with van der Waals surface area (Å²) in [4.78, 5) is 21.4. The molecule has 0 bridgehead atoms. The Labute approximate surface area is 143 Å². The molecule has 0 saturated heterocycles. The van der Waals surface area contributed by atoms with Crippen LogP contribution in [0.4, 0.5) is 0 Å². The van der Waals surface area contributed by atoms with E-state index in [2.05, 4.69) is 15.3 Å². The lowest BCUT2D eigenvalue weighted by Gasteiger charge is -2.22. The van der Waals surface area contributed by atoms with Crippen molar-refractivity contribution >= 4 is 28.3 Å². The third kappa shape index (κ3) is 2.78. The number of imidazole rings is 1. The first kappa shape index (κ1) is 15.2. The number of carbonyl (C=O) groups excluding carboxylic acids is 1. The van der Waals surface area contributed by atoms with Gasteiger partial charge in [0, 0.05) is 6.04 Å². The van der Waals surface area contributed by atoms with E-state index >= 15 is 0 Å². The molecule has 6 heteroatoms. The smallest absolute Gasteiger partial charge is 0.253 e. The van der Waals surface area contributed by atoms with E-state index in [1.54, 1.807) is 23.5 Å². The third-order valence-corrected chi connectivity index (χ3v) is 5.44. The van der Waals surface area contributed by atoms with Crippen molar-refractivity contribution in [2.45, 2.75) is 38.1 Å². The Balaban J connectivity index is 1.69. The lowest BCUT2D eigenvalue weighted by atomic mass is 9.95. The molecular formula is C18H19N3O2S. The standard InChI is InChI=1S/C18H19N3O2S/c22-13-9-8-12(18(23)19-11-5-2-1-3-6-11)15-16(13)21-17(20-15)14-7-4-10-24-14/h4,7-11,22H,1-3,5-6H2,(H,19,23)(H,20,21). The number of phenolic OH excluding ortho intramolecular Hbond substituents is 1. The molecule has 3 N–H and O–H groups in total. The number of fused-ring (bicyclic) bond motifs is 1. The Morgan fingerprint density at radius 3 is 2.83 bits per heavy atom. The number of phenols is 1. The van der Waals surface area contributed by atoms with E-state index in [1.807, 2.05) is 17.5 Å². The second-order valence-corrected chi connectivity index (χ2v) is 7.17. The number of aromatic hydroxyl groups is 1. The van der Waals surface area contributed by atoms with Crippen LogP contribution in [0.15, 0.2) is 29.6 Å². The molecule has 0 aliphatic heterocycles. The zero-order valence-corrected chi connectivity index (χ0v) is 14.0. The number of hydrogen-bond donors (Lipinski definition) is 3. The monoisotopic (exact) mass is 341 g/mol. The molecule has 1 aliphatic carbocycles. The highest BCUT2D eigenvalue weighted by Gasteiger charge is 2.21. The summed E-state index contributed by atoms with van der Waals surface area (Å²) in [5.74, 6) is 0.666. The van der Waals surface area contributed by atoms with Gasteiger partial charge in [0.25, 0.3) is 5.91 Å². The van der Waals surface area contributed by atoms with Gasteiger partial charge >= 0.3 is 0 Å². The van der Waals surface area contributed by atoms with Gasteiger partial charge in [-0.15, -0.1) is 11.3 Å². The Hall–Kier alpha value is -2.34. The van der Waals surface area contributed by atoms with Crippen molar-refractivity contribution in [1.29, 1.82) is 0 Å². The summed E-state index contributed by atoms with van der Waals surface area (Å²) in [6, 6.07) is 7.35. The van der Waals surface area contributed by atoms with E-state index in [9.17, 15) is 9.90 Å². The quantitative estimate of drug-likeness (QED) is 0.672. The minimum absolute atomic E-state index is 0.106. The zero-order chi connectivity index (χ0) is 16.5. The van der Waals surface area contributed by atoms with Crippen LogP contribution >= 0.6 is 11.3 Å². The molecule has 2 aromatic heterocycles. The first-order chi connectivity index (χ1) is 11.7. The second-order valence-electron chi connectivity index (χ2n) is 6.23. The van der Waals surface area contributed by atoms with Gasteiger partial charge in [-0.2, -0.15) is 0 Å². The van der Waals surface area contributed by atoms with E-state index in [1.165, 1.54) is 19.3 Å². The largest absolute Gasteiger partial charge is 0.506 e. The molecular weight excluding hydrogens is 322 g/mol. The van der Waals surface area contributed by atoms with Crippen molar-refractivity contribution in [2.75, 3.05) is 0 Å². The molecule has 5 nitrogen and oxygen atoms in total. The summed E-state index contributed by atoms with van der Waals surface area (Å²) in [6.45, 7) is 0. The number of carbonyl (C=O) groups is 1. The van der Waals surface area contributed by atoms with Gasteiger partial charge in [-0.25, -0.2) is 4.98 Å². The van der Waals surface area contributed by atoms with Gasteiger partial charge in [-0.05, 0) is 36.4 Å². The van der Waals surface area contributed by atoms with Crippen LogP contribution in [0.25, 0.3) is 21.7 Å². The SMILES string of the molecule is O=C(NC1CCCCC1)c1ccc(O)c2[nH]c(-c3cccs3)nc12. The molecule has 0 spiro atoms. The van der Waals surface area contributed by atoms with Gasteiger partial charge in [-0.3, -0.25) is 4.79 Å². The van der Waals surface area contributed by atoms with Crippen molar-refractivity contribution in [3.8, 4) is 16.5 Å². The van der Waals surface area contributed by atoms with Gasteiger partial charge in [0.2, 0.25) is 0 Å². The van der Waals surface area contributed by atoms with Gasteiger partial charge in [0.05, 0.1) is 10.4 Å². The van der Waals surface area contributed by atoms with Crippen LogP contribution in [0.2, 0.25) is 0 Å². The molecule has 3 aromatic rings. The lowest BCUT2D eigenvalue weighted by molar-refractivity contribution is 0.0929. The van der Waals surface area contributed by atoms with Crippen molar-refractivity contribution in [2.24, 2.45) is 0 Å². The molecule has 1 aliphatic rings. The van der Waals surface area contributed by atoms with Crippen LogP contribution in [0.1, 0.15) is 42.5 Å². The topological polar surface area (TPSA) is 78.0 Å². The Morgan fingerprint density at radius 2 is 2.08 bits per heavy atom. The minimum Gasteiger partial charge on any atom is -0.506 e. The summed E-state index contributed by atoms with van der Waals surface area (Å²) < 4.78 is 0. The van der Waals surface area contributed by atoms with E-state index in [0.29, 0.717) is 22.4 Å². The molecule has 1 fully saturated rings. The number of nitrogens with zero attached hydrogens (tertiary/aromatic N) is 1. The normalized spacial score (nSPS) is 15.7.